The quantitative estimate of drug-likeness (QED) is 0.579. The van der Waals surface area contributed by atoms with E-state index in [-0.39, 0.29) is 23.9 Å². The zero-order chi connectivity index (χ0) is 14.2. The fraction of sp³-hybridized carbons (Fsp3) is 0.273. The van der Waals surface area contributed by atoms with Crippen LogP contribution in [0.1, 0.15) is 11.1 Å². The van der Waals surface area contributed by atoms with Crippen molar-refractivity contribution in [1.82, 2.24) is 0 Å². The number of hydrogen-bond donors (Lipinski definition) is 3. The number of nitrogens with two attached hydrogens (primary N) is 1. The number of fused-ring (bicyclic) bond motifs is 1. The summed E-state index contributed by atoms with van der Waals surface area (Å²) in [5, 5.41) is 18.3. The number of carboxylic acids is 1. The van der Waals surface area contributed by atoms with Crippen LogP contribution in [-0.4, -0.2) is 35.2 Å². The fourth-order valence-corrected chi connectivity index (χ4v) is 2.04. The number of carbonyl (C=O) groups excluding carboxylic acids is 1. The summed E-state index contributed by atoms with van der Waals surface area (Å²) in [5.41, 5.74) is 5.96. The van der Waals surface area contributed by atoms with E-state index in [0.29, 0.717) is 5.56 Å². The second-order valence-electron chi connectivity index (χ2n) is 4.27. The maximum Gasteiger partial charge on any atom is 0.565 e. The monoisotopic (exact) mass is 267 g/mol. The van der Waals surface area contributed by atoms with E-state index in [4.69, 9.17) is 10.8 Å². The lowest BCUT2D eigenvalue weighted by molar-refractivity contribution is -0.138. The molecule has 1 heterocycles. The van der Waals surface area contributed by atoms with Gasteiger partial charge in [-0.3, -0.25) is 9.59 Å². The molecule has 0 bridgehead atoms. The van der Waals surface area contributed by atoms with Crippen molar-refractivity contribution in [2.24, 2.45) is 5.73 Å². The second kappa shape index (κ2) is 4.98. The molecule has 0 fully saturated rings. The molecule has 1 aliphatic rings. The van der Waals surface area contributed by atoms with E-state index < -0.39 is 30.9 Å². The first kappa shape index (κ1) is 13.5. The molecule has 0 spiro atoms. The Kier molecular flexibility index (Phi) is 3.54. The van der Waals surface area contributed by atoms with Crippen LogP contribution in [0.4, 0.5) is 4.39 Å². The van der Waals surface area contributed by atoms with Crippen LogP contribution in [-0.2, 0) is 27.1 Å². The SMILES string of the molecule is N[C@@H](Cc1ccc(F)c2c1CC(=O)OB2O)C(=O)O. The molecule has 1 aromatic rings. The molecule has 2 rings (SSSR count). The lowest BCUT2D eigenvalue weighted by Crippen LogP contribution is -2.46. The molecule has 1 atom stereocenters. The Morgan fingerprint density at radius 2 is 2.26 bits per heavy atom. The van der Waals surface area contributed by atoms with Gasteiger partial charge in [0.25, 0.3) is 5.97 Å². The Morgan fingerprint density at radius 3 is 2.89 bits per heavy atom. The van der Waals surface area contributed by atoms with Gasteiger partial charge in [0.15, 0.2) is 0 Å². The molecule has 19 heavy (non-hydrogen) atoms. The maximum atomic E-state index is 13.6. The number of carboxylic acid groups (broad SMARTS) is 1. The second-order valence-corrected chi connectivity index (χ2v) is 4.27. The minimum Gasteiger partial charge on any atom is -0.506 e. The molecule has 0 unspecified atom stereocenters. The molecular formula is C11H11BFNO5. The third kappa shape index (κ3) is 2.59. The van der Waals surface area contributed by atoms with Crippen molar-refractivity contribution in [3.63, 3.8) is 0 Å². The van der Waals surface area contributed by atoms with E-state index >= 15 is 0 Å². The molecule has 0 radical (unpaired) electrons. The Labute approximate surface area is 108 Å². The number of carbonyl (C=O) groups is 2. The summed E-state index contributed by atoms with van der Waals surface area (Å²) in [4.78, 5) is 22.0. The van der Waals surface area contributed by atoms with Gasteiger partial charge in [0.2, 0.25) is 0 Å². The first-order valence-electron chi connectivity index (χ1n) is 5.56. The van der Waals surface area contributed by atoms with Crippen LogP contribution in [0.3, 0.4) is 0 Å². The van der Waals surface area contributed by atoms with Crippen molar-refractivity contribution in [3.05, 3.63) is 29.1 Å². The Hall–Kier alpha value is -1.93. The molecule has 4 N–H and O–H groups in total. The summed E-state index contributed by atoms with van der Waals surface area (Å²) in [6.07, 6.45) is -0.274. The summed E-state index contributed by atoms with van der Waals surface area (Å²) in [6.45, 7) is 0. The van der Waals surface area contributed by atoms with Crippen LogP contribution in [0.5, 0.6) is 0 Å². The Balaban J connectivity index is 2.44. The van der Waals surface area contributed by atoms with Gasteiger partial charge < -0.3 is 20.5 Å². The van der Waals surface area contributed by atoms with Crippen molar-refractivity contribution in [1.29, 1.82) is 0 Å². The Morgan fingerprint density at radius 1 is 1.58 bits per heavy atom. The molecule has 0 aromatic heterocycles. The standard InChI is InChI=1S/C11H11BFNO5/c13-7-2-1-5(3-8(14)11(16)17)6-4-9(15)19-12(18)10(6)7/h1-2,8,18H,3-4,14H2,(H,16,17)/t8-/m0/s1. The van der Waals surface area contributed by atoms with E-state index in [9.17, 15) is 19.0 Å². The Bertz CT molecular complexity index is 550. The summed E-state index contributed by atoms with van der Waals surface area (Å²) in [5.74, 6) is -2.60. The third-order valence-electron chi connectivity index (χ3n) is 2.97. The van der Waals surface area contributed by atoms with Gasteiger partial charge in [-0.15, -0.1) is 0 Å². The smallest absolute Gasteiger partial charge is 0.506 e. The maximum absolute atomic E-state index is 13.6. The van der Waals surface area contributed by atoms with Crippen molar-refractivity contribution >= 4 is 24.5 Å². The van der Waals surface area contributed by atoms with E-state index in [1.165, 1.54) is 6.07 Å². The van der Waals surface area contributed by atoms with Gasteiger partial charge in [-0.1, -0.05) is 6.07 Å². The van der Waals surface area contributed by atoms with Crippen molar-refractivity contribution in [2.75, 3.05) is 0 Å². The van der Waals surface area contributed by atoms with Crippen LogP contribution < -0.4 is 11.2 Å². The minimum absolute atomic E-state index is 0.0576. The van der Waals surface area contributed by atoms with Gasteiger partial charge >= 0.3 is 13.1 Å². The predicted octanol–water partition coefficient (Wildman–Crippen LogP) is -1.43. The highest BCUT2D eigenvalue weighted by molar-refractivity contribution is 6.63. The highest BCUT2D eigenvalue weighted by Gasteiger charge is 2.35. The molecule has 8 heteroatoms. The first-order valence-corrected chi connectivity index (χ1v) is 5.56. The van der Waals surface area contributed by atoms with Crippen LogP contribution in [0.25, 0.3) is 0 Å². The number of aliphatic carboxylic acids is 1. The fourth-order valence-electron chi connectivity index (χ4n) is 2.04. The molecule has 6 nitrogen and oxygen atoms in total. The average molecular weight is 267 g/mol. The zero-order valence-electron chi connectivity index (χ0n) is 9.80. The van der Waals surface area contributed by atoms with Crippen molar-refractivity contribution < 1.29 is 28.8 Å². The van der Waals surface area contributed by atoms with E-state index in [0.717, 1.165) is 6.07 Å². The number of halogens is 1. The normalized spacial score (nSPS) is 15.7. The summed E-state index contributed by atoms with van der Waals surface area (Å²) < 4.78 is 18.2. The highest BCUT2D eigenvalue weighted by Crippen LogP contribution is 2.17. The predicted molar refractivity (Wildman–Crippen MR) is 63.1 cm³/mol. The topological polar surface area (TPSA) is 110 Å². The molecule has 1 aliphatic heterocycles. The highest BCUT2D eigenvalue weighted by atomic mass is 19.1. The third-order valence-corrected chi connectivity index (χ3v) is 2.97. The van der Waals surface area contributed by atoms with E-state index in [2.05, 4.69) is 4.65 Å². The molecule has 0 amide bonds. The first-order chi connectivity index (χ1) is 8.90. The largest absolute Gasteiger partial charge is 0.565 e. The molecular weight excluding hydrogens is 256 g/mol. The molecule has 0 saturated heterocycles. The molecule has 1 aromatic carbocycles. The molecule has 0 saturated carbocycles. The van der Waals surface area contributed by atoms with Crippen LogP contribution in [0.15, 0.2) is 12.1 Å². The minimum atomic E-state index is -1.67. The summed E-state index contributed by atoms with van der Waals surface area (Å²) in [6, 6.07) is 1.29. The number of rotatable bonds is 3. The number of hydrogen-bond acceptors (Lipinski definition) is 5. The van der Waals surface area contributed by atoms with E-state index in [1.54, 1.807) is 0 Å². The van der Waals surface area contributed by atoms with Crippen LogP contribution in [0.2, 0.25) is 0 Å². The van der Waals surface area contributed by atoms with Gasteiger partial charge in [-0.05, 0) is 23.6 Å². The van der Waals surface area contributed by atoms with Crippen molar-refractivity contribution in [3.8, 4) is 0 Å². The number of benzene rings is 1. The van der Waals surface area contributed by atoms with E-state index in [1.807, 2.05) is 0 Å². The summed E-state index contributed by atoms with van der Waals surface area (Å²) in [7, 11) is -1.67. The molecule has 0 aliphatic carbocycles. The van der Waals surface area contributed by atoms with Crippen LogP contribution >= 0.6 is 0 Å². The lowest BCUT2D eigenvalue weighted by atomic mass is 9.71. The van der Waals surface area contributed by atoms with Gasteiger partial charge in [0.1, 0.15) is 11.9 Å². The lowest BCUT2D eigenvalue weighted by Gasteiger charge is -2.22. The zero-order valence-corrected chi connectivity index (χ0v) is 9.80. The summed E-state index contributed by atoms with van der Waals surface area (Å²) >= 11 is 0. The molecule has 100 valence electrons. The average Bonchev–Trinajstić information content (AvgIpc) is 2.31. The van der Waals surface area contributed by atoms with Gasteiger partial charge in [0.05, 0.1) is 6.42 Å². The van der Waals surface area contributed by atoms with Gasteiger partial charge in [-0.2, -0.15) is 0 Å². The van der Waals surface area contributed by atoms with Crippen molar-refractivity contribution in [2.45, 2.75) is 18.9 Å². The van der Waals surface area contributed by atoms with Gasteiger partial charge in [0, 0.05) is 5.46 Å². The van der Waals surface area contributed by atoms with Gasteiger partial charge in [-0.25, -0.2) is 4.39 Å². The van der Waals surface area contributed by atoms with Crippen LogP contribution in [0, 0.1) is 5.82 Å².